The monoisotopic (exact) mass is 472 g/mol. The van der Waals surface area contributed by atoms with E-state index >= 15 is 0 Å². The van der Waals surface area contributed by atoms with Crippen LogP contribution in [0, 0.1) is 0 Å². The van der Waals surface area contributed by atoms with Gasteiger partial charge in [-0.2, -0.15) is 0 Å². The molecule has 1 unspecified atom stereocenters. The molecule has 1 atom stereocenters. The van der Waals surface area contributed by atoms with E-state index in [9.17, 15) is 9.13 Å². The van der Waals surface area contributed by atoms with Crippen LogP contribution >= 0.6 is 15.0 Å². The molecule has 176 valence electrons. The summed E-state index contributed by atoms with van der Waals surface area (Å²) in [6.45, 7) is 10.2. The summed E-state index contributed by atoms with van der Waals surface area (Å²) in [5.74, 6) is -0.319. The van der Waals surface area contributed by atoms with Gasteiger partial charge in [0.2, 0.25) is 7.37 Å². The van der Waals surface area contributed by atoms with Crippen molar-refractivity contribution in [2.45, 2.75) is 60.2 Å². The molecule has 1 aromatic carbocycles. The van der Waals surface area contributed by atoms with Gasteiger partial charge in [0.15, 0.2) is 0 Å². The molecule has 0 heterocycles. The second kappa shape index (κ2) is 13.5. The van der Waals surface area contributed by atoms with Gasteiger partial charge in [0, 0.05) is 14.2 Å². The predicted molar refractivity (Wildman–Crippen MR) is 129 cm³/mol. The van der Waals surface area contributed by atoms with Crippen molar-refractivity contribution in [1.82, 2.24) is 0 Å². The van der Waals surface area contributed by atoms with E-state index in [1.807, 2.05) is 24.3 Å². The Hall–Kier alpha value is -1.00. The molecule has 31 heavy (non-hydrogen) atoms. The summed E-state index contributed by atoms with van der Waals surface area (Å²) < 4.78 is 46.7. The minimum Gasteiger partial charge on any atom is -0.367 e. The van der Waals surface area contributed by atoms with Gasteiger partial charge in [0.1, 0.15) is 12.3 Å². The van der Waals surface area contributed by atoms with Crippen LogP contribution in [-0.2, 0) is 34.0 Å². The summed E-state index contributed by atoms with van der Waals surface area (Å²) in [5, 5.41) is 0. The van der Waals surface area contributed by atoms with Crippen LogP contribution in [0.3, 0.4) is 0 Å². The number of hydrogen-bond donors (Lipinski definition) is 0. The fourth-order valence-electron chi connectivity index (χ4n) is 2.90. The predicted octanol–water partition coefficient (Wildman–Crippen LogP) is 7.46. The van der Waals surface area contributed by atoms with Crippen molar-refractivity contribution in [3.05, 3.63) is 52.6 Å². The lowest BCUT2D eigenvalue weighted by Crippen LogP contribution is -2.10. The Morgan fingerprint density at radius 2 is 1.65 bits per heavy atom. The smallest absolute Gasteiger partial charge is 0.339 e. The van der Waals surface area contributed by atoms with E-state index in [4.69, 9.17) is 18.3 Å². The molecule has 1 aromatic rings. The molecule has 6 nitrogen and oxygen atoms in total. The molecule has 0 aliphatic carbocycles. The van der Waals surface area contributed by atoms with E-state index in [0.29, 0.717) is 0 Å². The molecular weight excluding hydrogens is 434 g/mol. The van der Waals surface area contributed by atoms with E-state index in [1.54, 1.807) is 13.8 Å². The number of allylic oxidation sites excluding steroid dienone is 3. The van der Waals surface area contributed by atoms with Gasteiger partial charge in [-0.1, -0.05) is 47.6 Å². The first-order valence-corrected chi connectivity index (χ1v) is 14.2. The largest absolute Gasteiger partial charge is 0.367 e. The summed E-state index contributed by atoms with van der Waals surface area (Å²) in [5.41, 5.74) is 4.76. The topological polar surface area (TPSA) is 71.1 Å². The molecule has 8 heteroatoms. The average Bonchev–Trinajstić information content (AvgIpc) is 2.68. The minimum absolute atomic E-state index is 0.160. The van der Waals surface area contributed by atoms with Gasteiger partial charge in [0.05, 0.1) is 12.7 Å². The summed E-state index contributed by atoms with van der Waals surface area (Å²) in [4.78, 5) is 0. The van der Waals surface area contributed by atoms with E-state index in [-0.39, 0.29) is 25.0 Å². The lowest BCUT2D eigenvalue weighted by atomic mass is 10.1. The van der Waals surface area contributed by atoms with Gasteiger partial charge in [-0.3, -0.25) is 9.13 Å². The Bertz CT molecular complexity index is 815. The van der Waals surface area contributed by atoms with Crippen LogP contribution in [0.15, 0.2) is 41.5 Å². The van der Waals surface area contributed by atoms with Crippen LogP contribution in [0.1, 0.15) is 58.6 Å². The summed E-state index contributed by atoms with van der Waals surface area (Å²) in [6.07, 6.45) is 6.05. The zero-order valence-corrected chi connectivity index (χ0v) is 21.7. The Balaban J connectivity index is 2.69. The molecule has 0 aliphatic heterocycles. The number of benzene rings is 1. The zero-order valence-electron chi connectivity index (χ0n) is 19.9. The van der Waals surface area contributed by atoms with Gasteiger partial charge in [0.25, 0.3) is 0 Å². The van der Waals surface area contributed by atoms with Gasteiger partial charge < -0.3 is 18.3 Å². The average molecular weight is 472 g/mol. The second-order valence-corrected chi connectivity index (χ2v) is 13.3. The number of ether oxygens (including phenoxy) is 1. The molecule has 0 aliphatic rings. The van der Waals surface area contributed by atoms with Crippen molar-refractivity contribution in [1.29, 1.82) is 0 Å². The molecule has 0 aromatic heterocycles. The minimum atomic E-state index is -3.48. The van der Waals surface area contributed by atoms with Crippen molar-refractivity contribution in [3.8, 4) is 0 Å². The van der Waals surface area contributed by atoms with E-state index in [0.717, 1.165) is 24.0 Å². The maximum Gasteiger partial charge on any atom is 0.339 e. The van der Waals surface area contributed by atoms with Crippen molar-refractivity contribution < 1.29 is 27.4 Å². The van der Waals surface area contributed by atoms with E-state index in [2.05, 4.69) is 32.9 Å². The molecule has 1 rings (SSSR count). The van der Waals surface area contributed by atoms with Crippen LogP contribution in [0.4, 0.5) is 0 Å². The molecule has 0 saturated heterocycles. The molecular formula is C23H38O6P2. The Kier molecular flexibility index (Phi) is 12.2. The van der Waals surface area contributed by atoms with Gasteiger partial charge in [-0.05, 0) is 58.6 Å². The fraction of sp³-hybridized carbons (Fsp3) is 0.565. The third-order valence-corrected chi connectivity index (χ3v) is 9.99. The normalized spacial score (nSPS) is 14.5. The van der Waals surface area contributed by atoms with Crippen LogP contribution in [0.5, 0.6) is 0 Å². The first-order valence-electron chi connectivity index (χ1n) is 10.4. The van der Waals surface area contributed by atoms with Crippen molar-refractivity contribution in [2.75, 3.05) is 26.5 Å². The maximum atomic E-state index is 13.2. The van der Waals surface area contributed by atoms with E-state index in [1.165, 1.54) is 25.4 Å². The number of hydrogen-bond acceptors (Lipinski definition) is 6. The number of rotatable bonds is 14. The summed E-state index contributed by atoms with van der Waals surface area (Å²) in [6, 6.07) is 8.05. The molecule has 0 fully saturated rings. The van der Waals surface area contributed by atoms with Gasteiger partial charge >= 0.3 is 7.60 Å². The van der Waals surface area contributed by atoms with E-state index < -0.39 is 15.0 Å². The summed E-state index contributed by atoms with van der Waals surface area (Å²) >= 11 is 0. The molecule has 0 bridgehead atoms. The molecule has 0 amide bonds. The SMILES string of the molecule is COP(=O)(CP(=O)(COCc1ccc(/C=C(\C)CCC=C(C)C)cc1)OC(C)C)OC. The Morgan fingerprint density at radius 3 is 2.16 bits per heavy atom. The molecule has 0 N–H and O–H groups in total. The first-order chi connectivity index (χ1) is 14.5. The lowest BCUT2D eigenvalue weighted by molar-refractivity contribution is 0.141. The highest BCUT2D eigenvalue weighted by molar-refractivity contribution is 7.73. The quantitative estimate of drug-likeness (QED) is 0.207. The van der Waals surface area contributed by atoms with Crippen LogP contribution in [-0.4, -0.2) is 32.6 Å². The Labute approximate surface area is 188 Å². The molecule has 0 saturated carbocycles. The third-order valence-electron chi connectivity index (χ3n) is 4.39. The standard InChI is InChI=1S/C23H38O6P2/c1-19(2)9-8-10-21(5)15-22-11-13-23(14-12-22)16-28-17-30(24,29-20(3)4)18-31(25,26-6)27-7/h9,11-15,20H,8,10,16-18H2,1-7H3/b21-15+. The fourth-order valence-corrected chi connectivity index (χ4v) is 7.88. The van der Waals surface area contributed by atoms with Gasteiger partial charge in [-0.25, -0.2) is 0 Å². The molecule has 0 spiro atoms. The van der Waals surface area contributed by atoms with Gasteiger partial charge in [-0.15, -0.1) is 0 Å². The Morgan fingerprint density at radius 1 is 1.03 bits per heavy atom. The highest BCUT2D eigenvalue weighted by Gasteiger charge is 2.37. The third kappa shape index (κ3) is 11.4. The van der Waals surface area contributed by atoms with Crippen LogP contribution < -0.4 is 0 Å². The zero-order chi connectivity index (χ0) is 23.5. The highest BCUT2D eigenvalue weighted by Crippen LogP contribution is 2.63. The molecule has 0 radical (unpaired) electrons. The maximum absolute atomic E-state index is 13.2. The van der Waals surface area contributed by atoms with Crippen molar-refractivity contribution in [2.24, 2.45) is 0 Å². The highest BCUT2D eigenvalue weighted by atomic mass is 31.2. The van der Waals surface area contributed by atoms with Crippen molar-refractivity contribution in [3.63, 3.8) is 0 Å². The lowest BCUT2D eigenvalue weighted by Gasteiger charge is -2.24. The van der Waals surface area contributed by atoms with Crippen LogP contribution in [0.25, 0.3) is 6.08 Å². The summed E-state index contributed by atoms with van der Waals surface area (Å²) in [7, 11) is -4.31. The van der Waals surface area contributed by atoms with Crippen molar-refractivity contribution >= 4 is 21.0 Å². The van der Waals surface area contributed by atoms with Crippen LogP contribution in [0.2, 0.25) is 0 Å². The first kappa shape index (κ1) is 28.0. The second-order valence-electron chi connectivity index (χ2n) is 8.12.